The second-order valence-electron chi connectivity index (χ2n) is 8.10. The molecule has 6 nitrogen and oxygen atoms in total. The Kier molecular flexibility index (Phi) is 8.59. The first-order chi connectivity index (χ1) is 16.8. The van der Waals surface area contributed by atoms with Gasteiger partial charge in [-0.2, -0.15) is 26.3 Å². The number of aliphatic hydroxyl groups is 1. The Morgan fingerprint density at radius 3 is 2.22 bits per heavy atom. The van der Waals surface area contributed by atoms with E-state index >= 15 is 0 Å². The number of rotatable bonds is 10. The Morgan fingerprint density at radius 1 is 0.917 bits per heavy atom. The second-order valence-corrected chi connectivity index (χ2v) is 9.08. The zero-order valence-electron chi connectivity index (χ0n) is 19.0. The molecule has 0 amide bonds. The van der Waals surface area contributed by atoms with E-state index in [2.05, 4.69) is 10.2 Å². The molecule has 0 aliphatic carbocycles. The molecule has 3 rings (SSSR count). The summed E-state index contributed by atoms with van der Waals surface area (Å²) in [5.41, 5.74) is 3.78. The smallest absolute Gasteiger partial charge is 0.419 e. The molecular formula is C23H23F6N3O3S. The van der Waals surface area contributed by atoms with Gasteiger partial charge in [0.05, 0.1) is 36.5 Å². The Balaban J connectivity index is 1.57. The Labute approximate surface area is 206 Å². The van der Waals surface area contributed by atoms with Crippen molar-refractivity contribution in [2.24, 2.45) is 5.73 Å². The summed E-state index contributed by atoms with van der Waals surface area (Å²) in [7, 11) is 0. The van der Waals surface area contributed by atoms with Crippen molar-refractivity contribution in [2.75, 3.05) is 26.4 Å². The zero-order valence-corrected chi connectivity index (χ0v) is 19.8. The highest BCUT2D eigenvalue weighted by Crippen LogP contribution is 2.39. The number of benzene rings is 2. The molecule has 13 heteroatoms. The van der Waals surface area contributed by atoms with Crippen LogP contribution in [0.1, 0.15) is 28.6 Å². The number of alkyl halides is 6. The van der Waals surface area contributed by atoms with E-state index in [1.54, 1.807) is 0 Å². The van der Waals surface area contributed by atoms with Gasteiger partial charge in [0.1, 0.15) is 22.4 Å². The second kappa shape index (κ2) is 11.1. The van der Waals surface area contributed by atoms with Gasteiger partial charge in [-0.05, 0) is 49.2 Å². The molecule has 0 aliphatic heterocycles. The summed E-state index contributed by atoms with van der Waals surface area (Å²) in [6, 6.07) is 8.13. The molecular weight excluding hydrogens is 512 g/mol. The number of nitrogens with two attached hydrogens (primary N) is 1. The van der Waals surface area contributed by atoms with E-state index in [4.69, 9.17) is 15.2 Å². The first-order valence-electron chi connectivity index (χ1n) is 10.6. The third kappa shape index (κ3) is 7.15. The van der Waals surface area contributed by atoms with Crippen molar-refractivity contribution in [2.45, 2.75) is 31.2 Å². The highest BCUT2D eigenvalue weighted by atomic mass is 32.1. The van der Waals surface area contributed by atoms with Gasteiger partial charge in [0.2, 0.25) is 0 Å². The molecule has 1 heterocycles. The van der Waals surface area contributed by atoms with Crippen molar-refractivity contribution in [1.82, 2.24) is 10.2 Å². The van der Waals surface area contributed by atoms with Crippen molar-refractivity contribution in [1.29, 1.82) is 0 Å². The Morgan fingerprint density at radius 2 is 1.61 bits per heavy atom. The summed E-state index contributed by atoms with van der Waals surface area (Å²) < 4.78 is 89.3. The molecule has 0 unspecified atom stereocenters. The molecule has 0 fully saturated rings. The van der Waals surface area contributed by atoms with Crippen LogP contribution in [-0.4, -0.2) is 41.7 Å². The summed E-state index contributed by atoms with van der Waals surface area (Å²) in [5, 5.41) is 17.6. The molecule has 2 aromatic carbocycles. The van der Waals surface area contributed by atoms with Gasteiger partial charge < -0.3 is 20.3 Å². The lowest BCUT2D eigenvalue weighted by Gasteiger charge is -2.17. The van der Waals surface area contributed by atoms with Crippen LogP contribution in [-0.2, 0) is 29.0 Å². The largest absolute Gasteiger partial charge is 0.491 e. The molecule has 3 N–H and O–H groups in total. The normalized spacial score (nSPS) is 14.0. The third-order valence-corrected chi connectivity index (χ3v) is 6.33. The van der Waals surface area contributed by atoms with Crippen LogP contribution in [0.25, 0.3) is 10.6 Å². The van der Waals surface area contributed by atoms with Gasteiger partial charge in [-0.15, -0.1) is 10.2 Å². The first-order valence-corrected chi connectivity index (χ1v) is 11.4. The molecule has 0 spiro atoms. The van der Waals surface area contributed by atoms with Crippen LogP contribution in [0.4, 0.5) is 26.3 Å². The van der Waals surface area contributed by atoms with Crippen LogP contribution in [0.15, 0.2) is 42.5 Å². The molecule has 0 bridgehead atoms. The summed E-state index contributed by atoms with van der Waals surface area (Å²) >= 11 is 0.979. The molecule has 1 atom stereocenters. The summed E-state index contributed by atoms with van der Waals surface area (Å²) in [6.07, 6.45) is -8.77. The van der Waals surface area contributed by atoms with E-state index in [9.17, 15) is 31.4 Å². The lowest BCUT2D eigenvalue weighted by molar-refractivity contribution is -0.139. The number of nitrogens with zero attached hydrogens (tertiary/aromatic N) is 2. The molecule has 0 saturated carbocycles. The molecule has 196 valence electrons. The van der Waals surface area contributed by atoms with Gasteiger partial charge >= 0.3 is 12.4 Å². The summed E-state index contributed by atoms with van der Waals surface area (Å²) in [5.74, 6) is -0.388. The van der Waals surface area contributed by atoms with Gasteiger partial charge in [0.25, 0.3) is 0 Å². The first kappa shape index (κ1) is 27.8. The van der Waals surface area contributed by atoms with Gasteiger partial charge in [-0.3, -0.25) is 0 Å². The van der Waals surface area contributed by atoms with E-state index in [1.165, 1.54) is 31.2 Å². The number of aromatic nitrogens is 2. The van der Waals surface area contributed by atoms with Gasteiger partial charge in [-0.1, -0.05) is 23.5 Å². The molecule has 36 heavy (non-hydrogen) atoms. The van der Waals surface area contributed by atoms with Crippen LogP contribution in [0.3, 0.4) is 0 Å². The van der Waals surface area contributed by atoms with E-state index in [0.29, 0.717) is 12.0 Å². The van der Waals surface area contributed by atoms with Gasteiger partial charge in [-0.25, -0.2) is 0 Å². The number of hydrogen-bond donors (Lipinski definition) is 2. The summed E-state index contributed by atoms with van der Waals surface area (Å²) in [6.45, 7) is 1.10. The average Bonchev–Trinajstić information content (AvgIpc) is 3.32. The monoisotopic (exact) mass is 535 g/mol. The van der Waals surface area contributed by atoms with Crippen molar-refractivity contribution in [3.05, 3.63) is 64.2 Å². The SMILES string of the molecule is C[C@](N)(CO)c1nnc(-c2ccc(OCCOCCc3ccc(C(F)(F)F)cc3)c(C(F)(F)F)c2)s1. The predicted octanol–water partition coefficient (Wildman–Crippen LogP) is 5.05. The minimum Gasteiger partial charge on any atom is -0.491 e. The topological polar surface area (TPSA) is 90.5 Å². The van der Waals surface area contributed by atoms with Crippen molar-refractivity contribution in [3.8, 4) is 16.3 Å². The maximum Gasteiger partial charge on any atom is 0.419 e. The number of ether oxygens (including phenoxy) is 2. The summed E-state index contributed by atoms with van der Waals surface area (Å²) in [4.78, 5) is 0. The lowest BCUT2D eigenvalue weighted by Crippen LogP contribution is -2.36. The van der Waals surface area contributed by atoms with Gasteiger partial charge in [0.15, 0.2) is 0 Å². The number of halogens is 6. The molecule has 1 aromatic heterocycles. The van der Waals surface area contributed by atoms with Crippen LogP contribution in [0, 0.1) is 0 Å². The predicted molar refractivity (Wildman–Crippen MR) is 120 cm³/mol. The van der Waals surface area contributed by atoms with Crippen molar-refractivity contribution >= 4 is 11.3 Å². The van der Waals surface area contributed by atoms with E-state index < -0.39 is 35.6 Å². The molecule has 3 aromatic rings. The minimum absolute atomic E-state index is 0.0182. The lowest BCUT2D eigenvalue weighted by atomic mass is 10.1. The molecule has 0 radical (unpaired) electrons. The number of hydrogen-bond acceptors (Lipinski definition) is 7. The Bertz CT molecular complexity index is 1150. The van der Waals surface area contributed by atoms with E-state index in [0.717, 1.165) is 29.5 Å². The molecule has 0 aliphatic rings. The quantitative estimate of drug-likeness (QED) is 0.279. The molecule has 0 saturated heterocycles. The van der Waals surface area contributed by atoms with Crippen LogP contribution in [0.2, 0.25) is 0 Å². The van der Waals surface area contributed by atoms with E-state index in [1.807, 2.05) is 0 Å². The Hall–Kier alpha value is -2.74. The highest BCUT2D eigenvalue weighted by Gasteiger charge is 2.35. The third-order valence-electron chi connectivity index (χ3n) is 5.08. The fourth-order valence-corrected chi connectivity index (χ4v) is 3.90. The zero-order chi connectivity index (χ0) is 26.6. The highest BCUT2D eigenvalue weighted by molar-refractivity contribution is 7.14. The van der Waals surface area contributed by atoms with Crippen molar-refractivity contribution < 1.29 is 40.9 Å². The standard InChI is InChI=1S/C23H23F6N3O3S/c1-21(30,13-33)20-32-31-19(36-20)15-4-7-18(17(12-15)23(27,28)29)35-11-10-34-9-8-14-2-5-16(6-3-14)22(24,25)26/h2-7,12,33H,8-11,13,30H2,1H3/t21-/m0/s1. The van der Waals surface area contributed by atoms with E-state index in [-0.39, 0.29) is 41.1 Å². The van der Waals surface area contributed by atoms with Crippen LogP contribution >= 0.6 is 11.3 Å². The van der Waals surface area contributed by atoms with Crippen molar-refractivity contribution in [3.63, 3.8) is 0 Å². The number of aliphatic hydroxyl groups excluding tert-OH is 1. The average molecular weight is 536 g/mol. The van der Waals surface area contributed by atoms with Crippen LogP contribution in [0.5, 0.6) is 5.75 Å². The fourth-order valence-electron chi connectivity index (χ4n) is 3.01. The van der Waals surface area contributed by atoms with Gasteiger partial charge in [0, 0.05) is 5.56 Å². The van der Waals surface area contributed by atoms with Crippen LogP contribution < -0.4 is 10.5 Å². The fraction of sp³-hybridized carbons (Fsp3) is 0.391. The minimum atomic E-state index is -4.70. The maximum absolute atomic E-state index is 13.6. The maximum atomic E-state index is 13.6.